The van der Waals surface area contributed by atoms with Crippen molar-refractivity contribution in [3.63, 3.8) is 0 Å². The number of ether oxygens (including phenoxy) is 4. The second-order valence-electron chi connectivity index (χ2n) is 9.66. The average Bonchev–Trinajstić information content (AvgIpc) is 2.87. The molecule has 0 radical (unpaired) electrons. The van der Waals surface area contributed by atoms with Crippen LogP contribution in [0.15, 0.2) is 59.3 Å². The maximum absolute atomic E-state index is 10.6. The Balaban J connectivity index is 1.95. The standard InChI is InChI=1S/C27H42O11/c1-15(2)7-5-8-16(3)9-6-10-17(4)11-12-35-26-24(34)22(32)25(19(14-29)37-26)38-27-23(33)21(31)20(30)18(13-28)36-27/h5-11,18-34H,12-14H2,1-4H3/t18-,19-,20-,21+,22-,23-,24-,25-,26?,27?/m1/s1. The molecule has 2 fully saturated rings. The summed E-state index contributed by atoms with van der Waals surface area (Å²) in [4.78, 5) is 0. The van der Waals surface area contributed by atoms with Crippen molar-refractivity contribution in [2.45, 2.75) is 89.1 Å². The van der Waals surface area contributed by atoms with Gasteiger partial charge in [0.05, 0.1) is 19.8 Å². The van der Waals surface area contributed by atoms with Gasteiger partial charge in [-0.25, -0.2) is 0 Å². The molecule has 2 unspecified atom stereocenters. The second kappa shape index (κ2) is 15.8. The second-order valence-corrected chi connectivity index (χ2v) is 9.66. The molecule has 0 aliphatic carbocycles. The molecular formula is C27H42O11. The van der Waals surface area contributed by atoms with Crippen molar-refractivity contribution < 1.29 is 54.7 Å². The van der Waals surface area contributed by atoms with E-state index in [1.54, 1.807) is 6.08 Å². The monoisotopic (exact) mass is 542 g/mol. The number of allylic oxidation sites excluding steroid dienone is 9. The third-order valence-corrected chi connectivity index (χ3v) is 6.13. The van der Waals surface area contributed by atoms with Crippen LogP contribution in [-0.4, -0.2) is 117 Å². The number of hydrogen-bond acceptors (Lipinski definition) is 11. The van der Waals surface area contributed by atoms with Gasteiger partial charge in [-0.3, -0.25) is 0 Å². The predicted molar refractivity (Wildman–Crippen MR) is 138 cm³/mol. The Morgan fingerprint density at radius 1 is 0.684 bits per heavy atom. The van der Waals surface area contributed by atoms with Crippen LogP contribution in [0.2, 0.25) is 0 Å². The number of rotatable bonds is 11. The highest BCUT2D eigenvalue weighted by atomic mass is 16.7. The molecule has 0 spiro atoms. The number of hydrogen-bond donors (Lipinski definition) is 7. The summed E-state index contributed by atoms with van der Waals surface area (Å²) in [6.45, 7) is 6.66. The lowest BCUT2D eigenvalue weighted by Gasteiger charge is -2.45. The fourth-order valence-electron chi connectivity index (χ4n) is 3.84. The number of aliphatic hydroxyl groups is 7. The Morgan fingerprint density at radius 2 is 1.26 bits per heavy atom. The summed E-state index contributed by atoms with van der Waals surface area (Å²) >= 11 is 0. The van der Waals surface area contributed by atoms with Crippen molar-refractivity contribution in [3.8, 4) is 0 Å². The van der Waals surface area contributed by atoms with Crippen LogP contribution >= 0.6 is 0 Å². The van der Waals surface area contributed by atoms with Gasteiger partial charge in [-0.15, -0.1) is 0 Å². The Kier molecular flexibility index (Phi) is 13.5. The van der Waals surface area contributed by atoms with E-state index in [4.69, 9.17) is 18.9 Å². The normalized spacial score (nSPS) is 37.2. The average molecular weight is 543 g/mol. The Hall–Kier alpha value is -1.74. The van der Waals surface area contributed by atoms with E-state index >= 15 is 0 Å². The molecule has 0 bridgehead atoms. The van der Waals surface area contributed by atoms with E-state index in [1.807, 2.05) is 64.2 Å². The molecule has 216 valence electrons. The third-order valence-electron chi connectivity index (χ3n) is 6.13. The van der Waals surface area contributed by atoms with E-state index in [2.05, 4.69) is 0 Å². The zero-order valence-corrected chi connectivity index (χ0v) is 22.2. The first-order chi connectivity index (χ1) is 18.0. The van der Waals surface area contributed by atoms with E-state index in [0.717, 1.165) is 11.1 Å². The fourth-order valence-corrected chi connectivity index (χ4v) is 3.84. The molecule has 2 rings (SSSR count). The molecule has 0 amide bonds. The minimum absolute atomic E-state index is 0.0458. The largest absolute Gasteiger partial charge is 0.394 e. The van der Waals surface area contributed by atoms with Gasteiger partial charge in [0.1, 0.15) is 48.8 Å². The van der Waals surface area contributed by atoms with Crippen LogP contribution < -0.4 is 0 Å². The van der Waals surface area contributed by atoms with E-state index < -0.39 is 74.6 Å². The van der Waals surface area contributed by atoms with Crippen molar-refractivity contribution in [1.29, 1.82) is 0 Å². The van der Waals surface area contributed by atoms with Crippen LogP contribution in [0.3, 0.4) is 0 Å². The molecule has 11 heteroatoms. The van der Waals surface area contributed by atoms with Crippen LogP contribution in [0.5, 0.6) is 0 Å². The molecule has 10 atom stereocenters. The highest BCUT2D eigenvalue weighted by molar-refractivity contribution is 5.28. The maximum atomic E-state index is 10.6. The zero-order valence-electron chi connectivity index (χ0n) is 22.2. The van der Waals surface area contributed by atoms with E-state index in [-0.39, 0.29) is 6.61 Å². The molecule has 2 saturated heterocycles. The summed E-state index contributed by atoms with van der Waals surface area (Å²) in [5.74, 6) is 0. The quantitative estimate of drug-likeness (QED) is 0.169. The first kappa shape index (κ1) is 32.5. The summed E-state index contributed by atoms with van der Waals surface area (Å²) in [6.07, 6.45) is -1.34. The molecule has 0 aromatic rings. The van der Waals surface area contributed by atoms with Gasteiger partial charge in [0.15, 0.2) is 12.6 Å². The van der Waals surface area contributed by atoms with Crippen molar-refractivity contribution >= 4 is 0 Å². The number of aliphatic hydroxyl groups excluding tert-OH is 7. The molecule has 38 heavy (non-hydrogen) atoms. The van der Waals surface area contributed by atoms with Crippen LogP contribution in [-0.2, 0) is 18.9 Å². The van der Waals surface area contributed by atoms with Gasteiger partial charge in [0.25, 0.3) is 0 Å². The SMILES string of the molecule is CC(C)=CC=CC(C)=CC=CC(C)=CCOC1O[C@H](CO)[C@@H](OC2O[C@H](CO)[C@@H](O)[C@H](O)[C@H]2O)[C@H](O)[C@H]1O. The highest BCUT2D eigenvalue weighted by Gasteiger charge is 2.50. The minimum atomic E-state index is -1.72. The van der Waals surface area contributed by atoms with Crippen LogP contribution in [0, 0.1) is 0 Å². The first-order valence-corrected chi connectivity index (χ1v) is 12.5. The van der Waals surface area contributed by atoms with Crippen molar-refractivity contribution in [3.05, 3.63) is 59.3 Å². The Bertz CT molecular complexity index is 872. The van der Waals surface area contributed by atoms with E-state index in [0.29, 0.717) is 0 Å². The summed E-state index contributed by atoms with van der Waals surface area (Å²) in [6, 6.07) is 0. The van der Waals surface area contributed by atoms with Crippen LogP contribution in [0.4, 0.5) is 0 Å². The van der Waals surface area contributed by atoms with Gasteiger partial charge >= 0.3 is 0 Å². The lowest BCUT2D eigenvalue weighted by Crippen LogP contribution is -2.64. The van der Waals surface area contributed by atoms with E-state index in [1.165, 1.54) is 5.57 Å². The highest BCUT2D eigenvalue weighted by Crippen LogP contribution is 2.29. The zero-order chi connectivity index (χ0) is 28.4. The molecule has 0 aromatic carbocycles. The van der Waals surface area contributed by atoms with Gasteiger partial charge in [-0.2, -0.15) is 0 Å². The van der Waals surface area contributed by atoms with Crippen molar-refractivity contribution in [2.75, 3.05) is 19.8 Å². The molecule has 0 saturated carbocycles. The topological polar surface area (TPSA) is 179 Å². The smallest absolute Gasteiger partial charge is 0.187 e. The minimum Gasteiger partial charge on any atom is -0.394 e. The molecule has 0 aromatic heterocycles. The Morgan fingerprint density at radius 3 is 1.89 bits per heavy atom. The lowest BCUT2D eigenvalue weighted by atomic mass is 9.97. The molecule has 11 nitrogen and oxygen atoms in total. The van der Waals surface area contributed by atoms with Crippen LogP contribution in [0.1, 0.15) is 27.7 Å². The van der Waals surface area contributed by atoms with Gasteiger partial charge in [-0.05, 0) is 27.7 Å². The Labute approximate surface area is 223 Å². The van der Waals surface area contributed by atoms with Crippen molar-refractivity contribution in [1.82, 2.24) is 0 Å². The lowest BCUT2D eigenvalue weighted by molar-refractivity contribution is -0.358. The molecule has 7 N–H and O–H groups in total. The van der Waals surface area contributed by atoms with E-state index in [9.17, 15) is 35.7 Å². The van der Waals surface area contributed by atoms with Gasteiger partial charge in [0, 0.05) is 0 Å². The molecule has 2 aliphatic heterocycles. The molecular weight excluding hydrogens is 500 g/mol. The van der Waals surface area contributed by atoms with Crippen LogP contribution in [0.25, 0.3) is 0 Å². The summed E-state index contributed by atoms with van der Waals surface area (Å²) in [7, 11) is 0. The molecule has 2 heterocycles. The first-order valence-electron chi connectivity index (χ1n) is 12.5. The third kappa shape index (κ3) is 9.18. The summed E-state index contributed by atoms with van der Waals surface area (Å²) in [5.41, 5.74) is 3.17. The fraction of sp³-hybridized carbons (Fsp3) is 0.630. The maximum Gasteiger partial charge on any atom is 0.187 e. The van der Waals surface area contributed by atoms with Gasteiger partial charge < -0.3 is 54.7 Å². The van der Waals surface area contributed by atoms with Gasteiger partial charge in [0.2, 0.25) is 0 Å². The predicted octanol–water partition coefficient (Wildman–Crippen LogP) is -0.402. The summed E-state index contributed by atoms with van der Waals surface area (Å²) < 4.78 is 22.0. The van der Waals surface area contributed by atoms with Crippen molar-refractivity contribution in [2.24, 2.45) is 0 Å². The molecule has 2 aliphatic rings. The summed E-state index contributed by atoms with van der Waals surface area (Å²) in [5, 5.41) is 70.4. The van der Waals surface area contributed by atoms with Gasteiger partial charge in [-0.1, -0.05) is 59.3 Å².